The van der Waals surface area contributed by atoms with E-state index in [2.05, 4.69) is 21.2 Å². The molecule has 0 aromatic heterocycles. The zero-order valence-electron chi connectivity index (χ0n) is 9.92. The van der Waals surface area contributed by atoms with Gasteiger partial charge in [0.1, 0.15) is 0 Å². The van der Waals surface area contributed by atoms with Crippen molar-refractivity contribution in [1.29, 1.82) is 0 Å². The van der Waals surface area contributed by atoms with Gasteiger partial charge in [-0.25, -0.2) is 0 Å². The van der Waals surface area contributed by atoms with Crippen molar-refractivity contribution in [2.75, 3.05) is 0 Å². The molecule has 1 aliphatic carbocycles. The first-order valence-electron chi connectivity index (χ1n) is 6.25. The fourth-order valence-electron chi connectivity index (χ4n) is 2.35. The van der Waals surface area contributed by atoms with Crippen LogP contribution in [0.4, 0.5) is 0 Å². The largest absolute Gasteiger partial charge is 0.352 e. The summed E-state index contributed by atoms with van der Waals surface area (Å²) >= 11 is 3.40. The lowest BCUT2D eigenvalue weighted by Gasteiger charge is -2.09. The highest BCUT2D eigenvalue weighted by Crippen LogP contribution is 2.27. The molecule has 0 aliphatic heterocycles. The van der Waals surface area contributed by atoms with Gasteiger partial charge in [-0.1, -0.05) is 40.9 Å². The van der Waals surface area contributed by atoms with E-state index in [1.807, 2.05) is 24.3 Å². The normalized spacial score (nSPS) is 16.1. The first-order valence-corrected chi connectivity index (χ1v) is 7.04. The van der Waals surface area contributed by atoms with Gasteiger partial charge in [-0.05, 0) is 36.5 Å². The molecule has 1 aromatic rings. The second-order valence-corrected chi connectivity index (χ2v) is 5.67. The van der Waals surface area contributed by atoms with Gasteiger partial charge in [-0.3, -0.25) is 4.79 Å². The van der Waals surface area contributed by atoms with Gasteiger partial charge < -0.3 is 5.32 Å². The summed E-state index contributed by atoms with van der Waals surface area (Å²) in [5, 5.41) is 2.99. The van der Waals surface area contributed by atoms with Gasteiger partial charge in [0.15, 0.2) is 0 Å². The van der Waals surface area contributed by atoms with Gasteiger partial charge in [0.25, 0.3) is 0 Å². The lowest BCUT2D eigenvalue weighted by molar-refractivity contribution is -0.122. The predicted octanol–water partition coefficient (Wildman–Crippen LogP) is 3.65. The molecule has 3 heteroatoms. The third-order valence-corrected chi connectivity index (χ3v) is 3.88. The Labute approximate surface area is 111 Å². The van der Waals surface area contributed by atoms with Crippen molar-refractivity contribution >= 4 is 21.8 Å². The third-order valence-electron chi connectivity index (χ3n) is 3.35. The number of hydrogen-bond donors (Lipinski definition) is 1. The van der Waals surface area contributed by atoms with Gasteiger partial charge in [-0.15, -0.1) is 0 Å². The summed E-state index contributed by atoms with van der Waals surface area (Å²) in [7, 11) is 0. The minimum Gasteiger partial charge on any atom is -0.352 e. The lowest BCUT2D eigenvalue weighted by Crippen LogP contribution is -2.24. The SMILES string of the molecule is O=C(CC1CCCC1)NCc1ccc(Br)cc1. The number of carbonyl (C=O) groups excluding carboxylic acids is 1. The molecule has 0 radical (unpaired) electrons. The standard InChI is InChI=1S/C14H18BrNO/c15-13-7-5-12(6-8-13)10-16-14(17)9-11-3-1-2-4-11/h5-8,11H,1-4,9-10H2,(H,16,17). The van der Waals surface area contributed by atoms with Crippen LogP contribution in [0.1, 0.15) is 37.7 Å². The van der Waals surface area contributed by atoms with Crippen molar-refractivity contribution in [2.45, 2.75) is 38.6 Å². The molecule has 0 saturated heterocycles. The number of hydrogen-bond acceptors (Lipinski definition) is 1. The van der Waals surface area contributed by atoms with E-state index in [0.29, 0.717) is 18.9 Å². The van der Waals surface area contributed by atoms with E-state index in [9.17, 15) is 4.79 Å². The zero-order chi connectivity index (χ0) is 12.1. The van der Waals surface area contributed by atoms with Crippen LogP contribution in [0.3, 0.4) is 0 Å². The molecule has 2 nitrogen and oxygen atoms in total. The van der Waals surface area contributed by atoms with E-state index in [-0.39, 0.29) is 5.91 Å². The van der Waals surface area contributed by atoms with Crippen molar-refractivity contribution in [3.8, 4) is 0 Å². The maximum atomic E-state index is 11.7. The average molecular weight is 296 g/mol. The van der Waals surface area contributed by atoms with Crippen molar-refractivity contribution in [2.24, 2.45) is 5.92 Å². The first kappa shape index (κ1) is 12.6. The van der Waals surface area contributed by atoms with E-state index in [4.69, 9.17) is 0 Å². The number of nitrogens with one attached hydrogen (secondary N) is 1. The average Bonchev–Trinajstić information content (AvgIpc) is 2.81. The Bertz CT molecular complexity index is 368. The maximum Gasteiger partial charge on any atom is 0.220 e. The predicted molar refractivity (Wildman–Crippen MR) is 72.6 cm³/mol. The Morgan fingerprint density at radius 3 is 2.53 bits per heavy atom. The molecule has 0 unspecified atom stereocenters. The summed E-state index contributed by atoms with van der Waals surface area (Å²) < 4.78 is 1.07. The monoisotopic (exact) mass is 295 g/mol. The van der Waals surface area contributed by atoms with Crippen LogP contribution in [-0.4, -0.2) is 5.91 Å². The number of benzene rings is 1. The van der Waals surface area contributed by atoms with E-state index < -0.39 is 0 Å². The van der Waals surface area contributed by atoms with Crippen LogP contribution in [0.5, 0.6) is 0 Å². The van der Waals surface area contributed by atoms with E-state index in [1.54, 1.807) is 0 Å². The smallest absolute Gasteiger partial charge is 0.220 e. The van der Waals surface area contributed by atoms with Crippen LogP contribution in [0.25, 0.3) is 0 Å². The molecule has 17 heavy (non-hydrogen) atoms. The van der Waals surface area contributed by atoms with Crippen molar-refractivity contribution < 1.29 is 4.79 Å². The highest BCUT2D eigenvalue weighted by atomic mass is 79.9. The number of halogens is 1. The van der Waals surface area contributed by atoms with Crippen LogP contribution in [0.15, 0.2) is 28.7 Å². The first-order chi connectivity index (χ1) is 8.24. The Hall–Kier alpha value is -0.830. The molecule has 1 saturated carbocycles. The van der Waals surface area contributed by atoms with Crippen molar-refractivity contribution in [3.05, 3.63) is 34.3 Å². The number of amides is 1. The fourth-order valence-corrected chi connectivity index (χ4v) is 2.62. The van der Waals surface area contributed by atoms with Crippen LogP contribution in [-0.2, 0) is 11.3 Å². The Balaban J connectivity index is 1.73. The summed E-state index contributed by atoms with van der Waals surface area (Å²) in [5.74, 6) is 0.819. The fraction of sp³-hybridized carbons (Fsp3) is 0.500. The molecule has 0 bridgehead atoms. The Kier molecular flexibility index (Phi) is 4.60. The molecule has 1 aliphatic rings. The summed E-state index contributed by atoms with van der Waals surface area (Å²) in [4.78, 5) is 11.7. The van der Waals surface area contributed by atoms with Crippen LogP contribution in [0, 0.1) is 5.92 Å². The second-order valence-electron chi connectivity index (χ2n) is 4.76. The second kappa shape index (κ2) is 6.20. The topological polar surface area (TPSA) is 29.1 Å². The van der Waals surface area contributed by atoms with E-state index >= 15 is 0 Å². The van der Waals surface area contributed by atoms with Crippen molar-refractivity contribution in [1.82, 2.24) is 5.32 Å². The van der Waals surface area contributed by atoms with Crippen LogP contribution < -0.4 is 5.32 Å². The van der Waals surface area contributed by atoms with Crippen LogP contribution in [0.2, 0.25) is 0 Å². The molecular formula is C14H18BrNO. The molecule has 1 amide bonds. The highest BCUT2D eigenvalue weighted by molar-refractivity contribution is 9.10. The van der Waals surface area contributed by atoms with Crippen LogP contribution >= 0.6 is 15.9 Å². The third kappa shape index (κ3) is 4.15. The van der Waals surface area contributed by atoms with E-state index in [1.165, 1.54) is 25.7 Å². The lowest BCUT2D eigenvalue weighted by atomic mass is 10.0. The molecule has 1 N–H and O–H groups in total. The minimum absolute atomic E-state index is 0.194. The Morgan fingerprint density at radius 1 is 1.24 bits per heavy atom. The van der Waals surface area contributed by atoms with Crippen molar-refractivity contribution in [3.63, 3.8) is 0 Å². The van der Waals surface area contributed by atoms with Gasteiger partial charge >= 0.3 is 0 Å². The summed E-state index contributed by atoms with van der Waals surface area (Å²) in [5.41, 5.74) is 1.15. The van der Waals surface area contributed by atoms with Gasteiger partial charge in [-0.2, -0.15) is 0 Å². The number of carbonyl (C=O) groups is 1. The number of rotatable bonds is 4. The molecular weight excluding hydrogens is 278 g/mol. The Morgan fingerprint density at radius 2 is 1.88 bits per heavy atom. The maximum absolute atomic E-state index is 11.7. The molecule has 1 fully saturated rings. The molecule has 0 heterocycles. The summed E-state index contributed by atoms with van der Waals surface area (Å²) in [6.45, 7) is 0.638. The van der Waals surface area contributed by atoms with Gasteiger partial charge in [0, 0.05) is 17.4 Å². The molecule has 0 spiro atoms. The molecule has 1 aromatic carbocycles. The zero-order valence-corrected chi connectivity index (χ0v) is 11.5. The molecule has 2 rings (SSSR count). The summed E-state index contributed by atoms with van der Waals surface area (Å²) in [6.07, 6.45) is 5.75. The van der Waals surface area contributed by atoms with E-state index in [0.717, 1.165) is 10.0 Å². The summed E-state index contributed by atoms with van der Waals surface area (Å²) in [6, 6.07) is 8.05. The molecule has 0 atom stereocenters. The minimum atomic E-state index is 0.194. The quantitative estimate of drug-likeness (QED) is 0.903. The van der Waals surface area contributed by atoms with Gasteiger partial charge in [0.2, 0.25) is 5.91 Å². The van der Waals surface area contributed by atoms with Gasteiger partial charge in [0.05, 0.1) is 0 Å². The molecule has 92 valence electrons. The highest BCUT2D eigenvalue weighted by Gasteiger charge is 2.17.